The molecule has 2 atom stereocenters. The monoisotopic (exact) mass is 419 g/mol. The van der Waals surface area contributed by atoms with E-state index in [-0.39, 0.29) is 23.7 Å². The van der Waals surface area contributed by atoms with Crippen LogP contribution in [0.15, 0.2) is 46.2 Å². The van der Waals surface area contributed by atoms with Gasteiger partial charge in [0.2, 0.25) is 0 Å². The van der Waals surface area contributed by atoms with Crippen LogP contribution in [-0.2, 0) is 27.2 Å². The summed E-state index contributed by atoms with van der Waals surface area (Å²) in [5, 5.41) is 0. The van der Waals surface area contributed by atoms with Gasteiger partial charge in [-0.25, -0.2) is 9.78 Å². The Morgan fingerprint density at radius 1 is 1.03 bits per heavy atom. The molecular weight excluding hydrogens is 390 g/mol. The molecule has 8 heteroatoms. The lowest BCUT2D eigenvalue weighted by atomic mass is 10.1. The van der Waals surface area contributed by atoms with Crippen LogP contribution in [0.1, 0.15) is 26.3 Å². The van der Waals surface area contributed by atoms with Gasteiger partial charge in [0.25, 0.3) is 5.56 Å². The molecule has 3 rings (SSSR count). The summed E-state index contributed by atoms with van der Waals surface area (Å²) in [5.41, 5.74) is 1.62. The zero-order valence-electron chi connectivity index (χ0n) is 17.7. The highest BCUT2D eigenvalue weighted by Gasteiger charge is 2.20. The minimum atomic E-state index is -0.353. The Balaban J connectivity index is 0.00000300. The second-order valence-electron chi connectivity index (χ2n) is 8.06. The topological polar surface area (TPSA) is 66.3 Å². The number of hydrogen-bond acceptors (Lipinski definition) is 3. The van der Waals surface area contributed by atoms with Crippen LogP contribution in [0.25, 0.3) is 11.2 Å². The Hall–Kier alpha value is -2.38. The number of aryl methyl sites for hydroxylation is 1. The number of rotatable bonds is 7. The molecule has 0 bridgehead atoms. The van der Waals surface area contributed by atoms with Gasteiger partial charge in [-0.15, -0.1) is 0 Å². The summed E-state index contributed by atoms with van der Waals surface area (Å²) in [7, 11) is 3.16. The largest absolute Gasteiger partial charge is 1.00 e. The highest BCUT2D eigenvalue weighted by atomic mass is 35.5. The Labute approximate surface area is 177 Å². The molecule has 158 valence electrons. The molecule has 0 aliphatic heterocycles. The van der Waals surface area contributed by atoms with Crippen molar-refractivity contribution < 1.29 is 17.3 Å². The van der Waals surface area contributed by atoms with Crippen LogP contribution in [0, 0.1) is 5.92 Å². The van der Waals surface area contributed by atoms with E-state index in [2.05, 4.69) is 50.0 Å². The van der Waals surface area contributed by atoms with Crippen molar-refractivity contribution in [2.75, 3.05) is 6.54 Å². The van der Waals surface area contributed by atoms with Gasteiger partial charge in [0.05, 0.1) is 18.9 Å². The molecule has 2 aromatic heterocycles. The quantitative estimate of drug-likeness (QED) is 0.463. The number of quaternary nitrogens is 1. The van der Waals surface area contributed by atoms with E-state index in [1.54, 1.807) is 13.4 Å². The molecule has 7 nitrogen and oxygen atoms in total. The lowest BCUT2D eigenvalue weighted by Crippen LogP contribution is -3.14. The summed E-state index contributed by atoms with van der Waals surface area (Å²) >= 11 is 0. The summed E-state index contributed by atoms with van der Waals surface area (Å²) in [5.74, 6) is 0.348. The van der Waals surface area contributed by atoms with Crippen molar-refractivity contribution in [3.8, 4) is 0 Å². The van der Waals surface area contributed by atoms with Gasteiger partial charge in [-0.2, -0.15) is 0 Å². The minimum absolute atomic E-state index is 0. The summed E-state index contributed by atoms with van der Waals surface area (Å²) < 4.78 is 4.47. The van der Waals surface area contributed by atoms with Gasteiger partial charge in [-0.1, -0.05) is 37.3 Å². The maximum Gasteiger partial charge on any atom is 0.332 e. The van der Waals surface area contributed by atoms with Crippen LogP contribution in [0.3, 0.4) is 0 Å². The van der Waals surface area contributed by atoms with Gasteiger partial charge in [-0.05, 0) is 13.8 Å². The first-order chi connectivity index (χ1) is 13.3. The molecule has 1 aromatic carbocycles. The molecular formula is C21H30ClN5O2. The molecule has 0 amide bonds. The van der Waals surface area contributed by atoms with Crippen molar-refractivity contribution in [1.29, 1.82) is 0 Å². The average molecular weight is 420 g/mol. The summed E-state index contributed by atoms with van der Waals surface area (Å²) in [4.78, 5) is 30.5. The van der Waals surface area contributed by atoms with Crippen molar-refractivity contribution in [3.05, 3.63) is 63.1 Å². The normalized spacial score (nSPS) is 13.4. The molecule has 29 heavy (non-hydrogen) atoms. The third-order valence-electron chi connectivity index (χ3n) is 5.43. The molecule has 0 fully saturated rings. The van der Waals surface area contributed by atoms with Crippen LogP contribution in [0.5, 0.6) is 0 Å². The predicted octanol–water partition coefficient (Wildman–Crippen LogP) is -2.43. The maximum atomic E-state index is 12.6. The van der Waals surface area contributed by atoms with Gasteiger partial charge in [-0.3, -0.25) is 13.9 Å². The lowest BCUT2D eigenvalue weighted by Gasteiger charge is -2.27. The molecule has 0 spiro atoms. The van der Waals surface area contributed by atoms with E-state index in [1.165, 1.54) is 22.1 Å². The van der Waals surface area contributed by atoms with Crippen molar-refractivity contribution >= 4 is 11.2 Å². The van der Waals surface area contributed by atoms with Crippen LogP contribution in [0.2, 0.25) is 0 Å². The average Bonchev–Trinajstić information content (AvgIpc) is 3.08. The van der Waals surface area contributed by atoms with Crippen LogP contribution in [0.4, 0.5) is 0 Å². The number of nitrogens with zero attached hydrogens (tertiary/aromatic N) is 4. The van der Waals surface area contributed by atoms with E-state index >= 15 is 0 Å². The molecule has 0 radical (unpaired) electrons. The van der Waals surface area contributed by atoms with E-state index in [0.717, 1.165) is 17.7 Å². The van der Waals surface area contributed by atoms with Crippen molar-refractivity contribution in [3.63, 3.8) is 0 Å². The molecule has 2 unspecified atom stereocenters. The first-order valence-electron chi connectivity index (χ1n) is 9.79. The van der Waals surface area contributed by atoms with E-state index < -0.39 is 0 Å². The van der Waals surface area contributed by atoms with Crippen molar-refractivity contribution in [2.45, 2.75) is 39.9 Å². The van der Waals surface area contributed by atoms with Crippen molar-refractivity contribution in [2.24, 2.45) is 20.0 Å². The molecule has 2 heterocycles. The van der Waals surface area contributed by atoms with E-state index in [1.807, 2.05) is 10.6 Å². The second kappa shape index (κ2) is 9.41. The molecule has 0 saturated heterocycles. The SMILES string of the molecule is CC(Cn1cnc2c1c(=O)n(C)c(=O)n2C)C[NH+](Cc1ccccc1)C(C)C.[Cl-]. The van der Waals surface area contributed by atoms with Crippen LogP contribution in [-0.4, -0.2) is 31.3 Å². The number of halogens is 1. The Bertz CT molecular complexity index is 1070. The fourth-order valence-electron chi connectivity index (χ4n) is 3.75. The summed E-state index contributed by atoms with van der Waals surface area (Å²) in [6.45, 7) is 9.33. The maximum absolute atomic E-state index is 12.6. The minimum Gasteiger partial charge on any atom is -1.00 e. The summed E-state index contributed by atoms with van der Waals surface area (Å²) in [6.07, 6.45) is 1.67. The zero-order chi connectivity index (χ0) is 20.4. The van der Waals surface area contributed by atoms with Gasteiger partial charge < -0.3 is 21.9 Å². The standard InChI is InChI=1S/C21H29N5O2.ClH/c1-15(2)25(13-17-9-7-6-8-10-17)11-16(3)12-26-14-22-19-18(26)20(27)24(5)21(28)23(19)4;/h6-10,14-16H,11-13H2,1-5H3;1H. The smallest absolute Gasteiger partial charge is 0.332 e. The van der Waals surface area contributed by atoms with Crippen LogP contribution >= 0.6 is 0 Å². The number of hydrogen-bond donors (Lipinski definition) is 1. The molecule has 3 aromatic rings. The highest BCUT2D eigenvalue weighted by Crippen LogP contribution is 2.08. The van der Waals surface area contributed by atoms with Gasteiger partial charge in [0.1, 0.15) is 6.54 Å². The molecule has 0 aliphatic rings. The van der Waals surface area contributed by atoms with E-state index in [9.17, 15) is 9.59 Å². The Morgan fingerprint density at radius 3 is 2.31 bits per heavy atom. The first-order valence-corrected chi connectivity index (χ1v) is 9.79. The fraction of sp³-hybridized carbons (Fsp3) is 0.476. The number of aromatic nitrogens is 4. The van der Waals surface area contributed by atoms with Crippen LogP contribution < -0.4 is 28.6 Å². The first kappa shape index (κ1) is 22.9. The second-order valence-corrected chi connectivity index (χ2v) is 8.06. The number of imidazole rings is 1. The molecule has 0 aliphatic carbocycles. The van der Waals surface area contributed by atoms with Gasteiger partial charge in [0.15, 0.2) is 11.2 Å². The Kier molecular flexibility index (Phi) is 7.43. The van der Waals surface area contributed by atoms with Gasteiger partial charge >= 0.3 is 5.69 Å². The number of nitrogens with one attached hydrogen (secondary N) is 1. The number of fused-ring (bicyclic) bond motifs is 1. The van der Waals surface area contributed by atoms with Gasteiger partial charge in [0, 0.05) is 32.1 Å². The van der Waals surface area contributed by atoms with Crippen molar-refractivity contribution in [1.82, 2.24) is 18.7 Å². The van der Waals surface area contributed by atoms with E-state index in [4.69, 9.17) is 0 Å². The third-order valence-corrected chi connectivity index (χ3v) is 5.43. The molecule has 1 N–H and O–H groups in total. The third kappa shape index (κ3) is 4.79. The number of benzene rings is 1. The lowest BCUT2D eigenvalue weighted by molar-refractivity contribution is -0.938. The highest BCUT2D eigenvalue weighted by molar-refractivity contribution is 5.69. The molecule has 0 saturated carbocycles. The summed E-state index contributed by atoms with van der Waals surface area (Å²) in [6, 6.07) is 11.0. The Morgan fingerprint density at radius 2 is 1.69 bits per heavy atom. The fourth-order valence-corrected chi connectivity index (χ4v) is 3.75. The zero-order valence-corrected chi connectivity index (χ0v) is 18.5. The predicted molar refractivity (Wildman–Crippen MR) is 110 cm³/mol. The van der Waals surface area contributed by atoms with E-state index in [0.29, 0.717) is 29.7 Å².